The molecule has 0 unspecified atom stereocenters. The summed E-state index contributed by atoms with van der Waals surface area (Å²) in [6.07, 6.45) is 1.42. The quantitative estimate of drug-likeness (QED) is 0.665. The van der Waals surface area contributed by atoms with Crippen molar-refractivity contribution >= 4 is 27.6 Å². The van der Waals surface area contributed by atoms with E-state index in [0.29, 0.717) is 12.2 Å². The highest BCUT2D eigenvalue weighted by Gasteiger charge is 2.22. The maximum Gasteiger partial charge on any atom is 0.338 e. The zero-order valence-electron chi connectivity index (χ0n) is 16.2. The number of hydrogen-bond donors (Lipinski definition) is 1. The second-order valence-electron chi connectivity index (χ2n) is 5.78. The molecule has 0 aliphatic rings. The highest BCUT2D eigenvalue weighted by molar-refractivity contribution is 7.92. The standard InChI is InChI=1S/C18H23N3O6S/c1-5-21-11-16(12(4)19-21)28(24,25)20-15-9-13(17(22)26-6-2)8-14(10-15)18(23)27-7-3/h8-11,20H,5-7H2,1-4H3. The van der Waals surface area contributed by atoms with Crippen molar-refractivity contribution in [1.82, 2.24) is 9.78 Å². The fourth-order valence-corrected chi connectivity index (χ4v) is 3.71. The molecule has 2 aromatic rings. The van der Waals surface area contributed by atoms with Crippen LogP contribution in [0.5, 0.6) is 0 Å². The number of carbonyl (C=O) groups excluding carboxylic acids is 2. The molecule has 0 fully saturated rings. The number of rotatable bonds is 8. The summed E-state index contributed by atoms with van der Waals surface area (Å²) >= 11 is 0. The Balaban J connectivity index is 2.46. The molecule has 0 atom stereocenters. The van der Waals surface area contributed by atoms with Gasteiger partial charge in [0.05, 0.1) is 35.7 Å². The van der Waals surface area contributed by atoms with Gasteiger partial charge in [-0.3, -0.25) is 9.40 Å². The number of anilines is 1. The van der Waals surface area contributed by atoms with Crippen LogP contribution in [0.2, 0.25) is 0 Å². The molecule has 1 N–H and O–H groups in total. The van der Waals surface area contributed by atoms with Crippen LogP contribution in [-0.2, 0) is 26.0 Å². The molecule has 152 valence electrons. The summed E-state index contributed by atoms with van der Waals surface area (Å²) in [7, 11) is -3.98. The average Bonchev–Trinajstić information content (AvgIpc) is 3.03. The van der Waals surface area contributed by atoms with E-state index in [1.165, 1.54) is 29.1 Å². The smallest absolute Gasteiger partial charge is 0.338 e. The van der Waals surface area contributed by atoms with Crippen molar-refractivity contribution in [3.63, 3.8) is 0 Å². The molecule has 1 aromatic carbocycles. The number of esters is 2. The van der Waals surface area contributed by atoms with Gasteiger partial charge in [0.1, 0.15) is 4.90 Å². The van der Waals surface area contributed by atoms with Crippen molar-refractivity contribution in [3.8, 4) is 0 Å². The average molecular weight is 409 g/mol. The summed E-state index contributed by atoms with van der Waals surface area (Å²) in [5.74, 6) is -1.35. The molecule has 28 heavy (non-hydrogen) atoms. The van der Waals surface area contributed by atoms with Gasteiger partial charge in [0, 0.05) is 12.7 Å². The number of sulfonamides is 1. The Morgan fingerprint density at radius 3 is 2.00 bits per heavy atom. The van der Waals surface area contributed by atoms with E-state index in [9.17, 15) is 18.0 Å². The van der Waals surface area contributed by atoms with Crippen LogP contribution >= 0.6 is 0 Å². The van der Waals surface area contributed by atoms with Crippen molar-refractivity contribution in [3.05, 3.63) is 41.2 Å². The summed E-state index contributed by atoms with van der Waals surface area (Å²) in [5.41, 5.74) is 0.441. The number of aromatic nitrogens is 2. The molecule has 2 rings (SSSR count). The molecule has 0 aliphatic heterocycles. The van der Waals surface area contributed by atoms with Crippen molar-refractivity contribution in [2.24, 2.45) is 0 Å². The lowest BCUT2D eigenvalue weighted by atomic mass is 10.1. The molecule has 9 nitrogen and oxygen atoms in total. The van der Waals surface area contributed by atoms with E-state index in [4.69, 9.17) is 9.47 Å². The fourth-order valence-electron chi connectivity index (χ4n) is 2.49. The Morgan fingerprint density at radius 2 is 1.57 bits per heavy atom. The largest absolute Gasteiger partial charge is 0.462 e. The molecule has 0 saturated heterocycles. The predicted molar refractivity (Wildman–Crippen MR) is 102 cm³/mol. The van der Waals surface area contributed by atoms with Gasteiger partial charge in [-0.15, -0.1) is 0 Å². The summed E-state index contributed by atoms with van der Waals surface area (Å²) < 4.78 is 39.3. The monoisotopic (exact) mass is 409 g/mol. The first-order valence-corrected chi connectivity index (χ1v) is 10.3. The zero-order chi connectivity index (χ0) is 20.9. The Hall–Kier alpha value is -2.88. The molecule has 0 amide bonds. The SMILES string of the molecule is CCOC(=O)c1cc(NS(=O)(=O)c2cn(CC)nc2C)cc(C(=O)OCC)c1. The maximum atomic E-state index is 12.8. The van der Waals surface area contributed by atoms with Crippen LogP contribution in [0, 0.1) is 6.92 Å². The van der Waals surface area contributed by atoms with Gasteiger partial charge in [0.15, 0.2) is 0 Å². The topological polar surface area (TPSA) is 117 Å². The fraction of sp³-hybridized carbons (Fsp3) is 0.389. The van der Waals surface area contributed by atoms with E-state index in [0.717, 1.165) is 0 Å². The van der Waals surface area contributed by atoms with Crippen LogP contribution in [0.3, 0.4) is 0 Å². The Labute approximate surface area is 163 Å². The van der Waals surface area contributed by atoms with Crippen molar-refractivity contribution in [1.29, 1.82) is 0 Å². The van der Waals surface area contributed by atoms with Gasteiger partial charge in [0.2, 0.25) is 0 Å². The van der Waals surface area contributed by atoms with Crippen LogP contribution in [0.4, 0.5) is 5.69 Å². The van der Waals surface area contributed by atoms with Crippen molar-refractivity contribution in [2.45, 2.75) is 39.1 Å². The molecule has 10 heteroatoms. The van der Waals surface area contributed by atoms with E-state index >= 15 is 0 Å². The number of ether oxygens (including phenoxy) is 2. The Morgan fingerprint density at radius 1 is 1.04 bits per heavy atom. The van der Waals surface area contributed by atoms with Crippen molar-refractivity contribution in [2.75, 3.05) is 17.9 Å². The molecule has 1 heterocycles. The maximum absolute atomic E-state index is 12.8. The summed E-state index contributed by atoms with van der Waals surface area (Å²) in [5, 5.41) is 4.13. The van der Waals surface area contributed by atoms with Gasteiger partial charge < -0.3 is 9.47 Å². The second-order valence-corrected chi connectivity index (χ2v) is 7.43. The van der Waals surface area contributed by atoms with Gasteiger partial charge in [-0.1, -0.05) is 0 Å². The van der Waals surface area contributed by atoms with Gasteiger partial charge in [-0.05, 0) is 45.9 Å². The van der Waals surface area contributed by atoms with Crippen LogP contribution in [0.15, 0.2) is 29.3 Å². The lowest BCUT2D eigenvalue weighted by molar-refractivity contribution is 0.0525. The number of aryl methyl sites for hydroxylation is 2. The molecule has 0 saturated carbocycles. The summed E-state index contributed by atoms with van der Waals surface area (Å²) in [4.78, 5) is 24.2. The van der Waals surface area contributed by atoms with Gasteiger partial charge >= 0.3 is 11.9 Å². The van der Waals surface area contributed by atoms with Crippen LogP contribution in [0.1, 0.15) is 47.2 Å². The van der Waals surface area contributed by atoms with E-state index in [2.05, 4.69) is 9.82 Å². The minimum absolute atomic E-state index is 0.00794. The minimum Gasteiger partial charge on any atom is -0.462 e. The van der Waals surface area contributed by atoms with E-state index < -0.39 is 22.0 Å². The number of nitrogens with one attached hydrogen (secondary N) is 1. The lowest BCUT2D eigenvalue weighted by Crippen LogP contribution is -2.16. The highest BCUT2D eigenvalue weighted by atomic mass is 32.2. The third-order valence-corrected chi connectivity index (χ3v) is 5.21. The van der Waals surface area contributed by atoms with Gasteiger partial charge in [0.25, 0.3) is 10.0 Å². The van der Waals surface area contributed by atoms with E-state index in [1.807, 2.05) is 6.92 Å². The third kappa shape index (κ3) is 4.89. The summed E-state index contributed by atoms with van der Waals surface area (Å²) in [6.45, 7) is 7.50. The number of carbonyl (C=O) groups is 2. The van der Waals surface area contributed by atoms with E-state index in [-0.39, 0.29) is 34.9 Å². The third-order valence-electron chi connectivity index (χ3n) is 3.72. The lowest BCUT2D eigenvalue weighted by Gasteiger charge is -2.11. The van der Waals surface area contributed by atoms with Crippen LogP contribution in [-0.4, -0.2) is 43.4 Å². The molecular formula is C18H23N3O6S. The molecule has 0 radical (unpaired) electrons. The summed E-state index contributed by atoms with van der Waals surface area (Å²) in [6, 6.07) is 3.91. The zero-order valence-corrected chi connectivity index (χ0v) is 17.0. The number of hydrogen-bond acceptors (Lipinski definition) is 7. The molecule has 0 spiro atoms. The molecule has 0 bridgehead atoms. The molecule has 1 aromatic heterocycles. The normalized spacial score (nSPS) is 11.1. The Kier molecular flexibility index (Phi) is 6.79. The molecule has 0 aliphatic carbocycles. The minimum atomic E-state index is -3.98. The van der Waals surface area contributed by atoms with Crippen LogP contribution < -0.4 is 4.72 Å². The first-order valence-electron chi connectivity index (χ1n) is 8.78. The van der Waals surface area contributed by atoms with Crippen LogP contribution in [0.25, 0.3) is 0 Å². The first-order chi connectivity index (χ1) is 13.2. The highest BCUT2D eigenvalue weighted by Crippen LogP contribution is 2.22. The van der Waals surface area contributed by atoms with Gasteiger partial charge in [-0.2, -0.15) is 5.10 Å². The van der Waals surface area contributed by atoms with Crippen molar-refractivity contribution < 1.29 is 27.5 Å². The predicted octanol–water partition coefficient (Wildman–Crippen LogP) is 2.37. The number of benzene rings is 1. The first kappa shape index (κ1) is 21.4. The number of nitrogens with zero attached hydrogens (tertiary/aromatic N) is 2. The van der Waals surface area contributed by atoms with Gasteiger partial charge in [-0.25, -0.2) is 18.0 Å². The second kappa shape index (κ2) is 8.87. The van der Waals surface area contributed by atoms with E-state index in [1.54, 1.807) is 20.8 Å². The molecular weight excluding hydrogens is 386 g/mol. The Bertz CT molecular complexity index is 945.